The van der Waals surface area contributed by atoms with Crippen LogP contribution in [0.1, 0.15) is 6.42 Å². The molecular weight excluding hydrogens is 302 g/mol. The van der Waals surface area contributed by atoms with E-state index in [2.05, 4.69) is 0 Å². The van der Waals surface area contributed by atoms with Crippen molar-refractivity contribution in [2.75, 3.05) is 39.3 Å². The van der Waals surface area contributed by atoms with E-state index in [0.717, 1.165) is 12.1 Å². The molecular formula is C13H18F2N2O3S. The van der Waals surface area contributed by atoms with Crippen LogP contribution in [0.25, 0.3) is 0 Å². The molecule has 1 aromatic rings. The monoisotopic (exact) mass is 320 g/mol. The zero-order valence-electron chi connectivity index (χ0n) is 11.5. The summed E-state index contributed by atoms with van der Waals surface area (Å²) in [7, 11) is -3.83. The Morgan fingerprint density at radius 1 is 1.10 bits per heavy atom. The van der Waals surface area contributed by atoms with E-state index in [-0.39, 0.29) is 18.0 Å². The van der Waals surface area contributed by atoms with Gasteiger partial charge in [0.15, 0.2) is 11.6 Å². The quantitative estimate of drug-likeness (QED) is 0.885. The van der Waals surface area contributed by atoms with E-state index < -0.39 is 21.7 Å². The summed E-state index contributed by atoms with van der Waals surface area (Å²) in [5, 5.41) is 8.92. The number of β-amino-alcohol motifs (C(OH)–C–C–N with tert-alkyl or cyclic N) is 1. The molecule has 0 amide bonds. The third kappa shape index (κ3) is 3.76. The molecule has 0 spiro atoms. The summed E-state index contributed by atoms with van der Waals surface area (Å²) < 4.78 is 52.3. The molecule has 0 unspecified atom stereocenters. The molecule has 1 N–H and O–H groups in total. The first-order valence-corrected chi connectivity index (χ1v) is 8.17. The minimum atomic E-state index is -3.83. The van der Waals surface area contributed by atoms with E-state index in [0.29, 0.717) is 38.7 Å². The third-order valence-electron chi connectivity index (χ3n) is 3.49. The van der Waals surface area contributed by atoms with Gasteiger partial charge >= 0.3 is 0 Å². The molecule has 21 heavy (non-hydrogen) atoms. The van der Waals surface area contributed by atoms with E-state index in [1.165, 1.54) is 4.31 Å². The lowest BCUT2D eigenvalue weighted by atomic mass is 10.3. The van der Waals surface area contributed by atoms with Crippen LogP contribution in [0.5, 0.6) is 0 Å². The Labute approximate surface area is 122 Å². The molecule has 1 aliphatic heterocycles. The van der Waals surface area contributed by atoms with Gasteiger partial charge in [-0.1, -0.05) is 0 Å². The molecule has 1 heterocycles. The van der Waals surface area contributed by atoms with Crippen molar-refractivity contribution in [1.29, 1.82) is 0 Å². The normalized spacial score (nSPS) is 18.6. The predicted octanol–water partition coefficient (Wildman–Crippen LogP) is 0.654. The van der Waals surface area contributed by atoms with Crippen molar-refractivity contribution in [3.63, 3.8) is 0 Å². The second-order valence-electron chi connectivity index (χ2n) is 4.90. The van der Waals surface area contributed by atoms with Crippen molar-refractivity contribution >= 4 is 10.0 Å². The van der Waals surface area contributed by atoms with Crippen molar-refractivity contribution in [3.8, 4) is 0 Å². The van der Waals surface area contributed by atoms with Crippen LogP contribution in [0.3, 0.4) is 0 Å². The molecule has 1 fully saturated rings. The van der Waals surface area contributed by atoms with Gasteiger partial charge in [0.05, 0.1) is 11.5 Å². The van der Waals surface area contributed by atoms with Gasteiger partial charge in [0, 0.05) is 26.2 Å². The SMILES string of the molecule is O=S(=O)(c1ccc(F)c(F)c1)N1CCCN(CCO)CC1. The van der Waals surface area contributed by atoms with Crippen LogP contribution in [0.2, 0.25) is 0 Å². The van der Waals surface area contributed by atoms with Crippen LogP contribution in [0.4, 0.5) is 8.78 Å². The lowest BCUT2D eigenvalue weighted by Gasteiger charge is -2.21. The first-order valence-electron chi connectivity index (χ1n) is 6.73. The first-order chi connectivity index (χ1) is 9.95. The average Bonchev–Trinajstić information content (AvgIpc) is 2.68. The highest BCUT2D eigenvalue weighted by molar-refractivity contribution is 7.89. The summed E-state index contributed by atoms with van der Waals surface area (Å²) >= 11 is 0. The fourth-order valence-corrected chi connectivity index (χ4v) is 3.82. The Hall–Kier alpha value is -1.09. The van der Waals surface area contributed by atoms with E-state index in [1.807, 2.05) is 4.90 Å². The fourth-order valence-electron chi connectivity index (χ4n) is 2.34. The molecule has 1 aromatic carbocycles. The van der Waals surface area contributed by atoms with Gasteiger partial charge in [0.1, 0.15) is 0 Å². The second-order valence-corrected chi connectivity index (χ2v) is 6.84. The topological polar surface area (TPSA) is 60.9 Å². The minimum Gasteiger partial charge on any atom is -0.395 e. The smallest absolute Gasteiger partial charge is 0.243 e. The van der Waals surface area contributed by atoms with Crippen molar-refractivity contribution in [3.05, 3.63) is 29.8 Å². The summed E-state index contributed by atoms with van der Waals surface area (Å²) in [6, 6.07) is 2.60. The van der Waals surface area contributed by atoms with Gasteiger partial charge in [-0.3, -0.25) is 4.90 Å². The summed E-state index contributed by atoms with van der Waals surface area (Å²) in [5.41, 5.74) is 0. The number of benzene rings is 1. The first kappa shape index (κ1) is 16.3. The third-order valence-corrected chi connectivity index (χ3v) is 5.39. The van der Waals surface area contributed by atoms with Crippen molar-refractivity contribution in [1.82, 2.24) is 9.21 Å². The van der Waals surface area contributed by atoms with E-state index in [9.17, 15) is 17.2 Å². The Balaban J connectivity index is 2.17. The second kappa shape index (κ2) is 6.78. The van der Waals surface area contributed by atoms with Crippen LogP contribution in [0, 0.1) is 11.6 Å². The lowest BCUT2D eigenvalue weighted by Crippen LogP contribution is -2.36. The number of halogens is 2. The molecule has 0 bridgehead atoms. The minimum absolute atomic E-state index is 0.0237. The van der Waals surface area contributed by atoms with Crippen molar-refractivity contribution in [2.45, 2.75) is 11.3 Å². The van der Waals surface area contributed by atoms with Crippen molar-refractivity contribution in [2.24, 2.45) is 0 Å². The zero-order chi connectivity index (χ0) is 15.5. The summed E-state index contributed by atoms with van der Waals surface area (Å²) in [6.45, 7) is 2.31. The maximum atomic E-state index is 13.2. The van der Waals surface area contributed by atoms with Gasteiger partial charge in [0.2, 0.25) is 10.0 Å². The standard InChI is InChI=1S/C13H18F2N2O3S/c14-12-3-2-11(10-13(12)15)21(19,20)17-5-1-4-16(6-7-17)8-9-18/h2-3,10,18H,1,4-9H2. The maximum absolute atomic E-state index is 13.2. The van der Waals surface area contributed by atoms with Gasteiger partial charge in [0.25, 0.3) is 0 Å². The summed E-state index contributed by atoms with van der Waals surface area (Å²) in [5.74, 6) is -2.24. The molecule has 0 atom stereocenters. The van der Waals surface area contributed by atoms with Crippen LogP contribution >= 0.6 is 0 Å². The number of aliphatic hydroxyl groups is 1. The van der Waals surface area contributed by atoms with Gasteiger partial charge in [-0.25, -0.2) is 17.2 Å². The van der Waals surface area contributed by atoms with E-state index >= 15 is 0 Å². The number of sulfonamides is 1. The number of hydrogen-bond donors (Lipinski definition) is 1. The highest BCUT2D eigenvalue weighted by Crippen LogP contribution is 2.19. The van der Waals surface area contributed by atoms with E-state index in [4.69, 9.17) is 5.11 Å². The predicted molar refractivity (Wildman–Crippen MR) is 73.3 cm³/mol. The highest BCUT2D eigenvalue weighted by atomic mass is 32.2. The molecule has 1 saturated heterocycles. The number of hydrogen-bond acceptors (Lipinski definition) is 4. The molecule has 0 aromatic heterocycles. The van der Waals surface area contributed by atoms with Gasteiger partial charge in [-0.2, -0.15) is 4.31 Å². The van der Waals surface area contributed by atoms with Crippen LogP contribution < -0.4 is 0 Å². The number of aliphatic hydroxyl groups excluding tert-OH is 1. The highest BCUT2D eigenvalue weighted by Gasteiger charge is 2.27. The molecule has 118 valence electrons. The Morgan fingerprint density at radius 3 is 2.52 bits per heavy atom. The van der Waals surface area contributed by atoms with Crippen molar-refractivity contribution < 1.29 is 22.3 Å². The summed E-state index contributed by atoms with van der Waals surface area (Å²) in [4.78, 5) is 1.73. The molecule has 5 nitrogen and oxygen atoms in total. The average molecular weight is 320 g/mol. The van der Waals surface area contributed by atoms with Crippen LogP contribution in [-0.4, -0.2) is 62.1 Å². The summed E-state index contributed by atoms with van der Waals surface area (Å²) in [6.07, 6.45) is 0.628. The van der Waals surface area contributed by atoms with Gasteiger partial charge < -0.3 is 5.11 Å². The van der Waals surface area contributed by atoms with Crippen LogP contribution in [0.15, 0.2) is 23.1 Å². The molecule has 0 aliphatic carbocycles. The largest absolute Gasteiger partial charge is 0.395 e. The zero-order valence-corrected chi connectivity index (χ0v) is 12.3. The molecule has 0 saturated carbocycles. The van der Waals surface area contributed by atoms with Gasteiger partial charge in [-0.05, 0) is 31.2 Å². The fraction of sp³-hybridized carbons (Fsp3) is 0.538. The molecule has 0 radical (unpaired) electrons. The maximum Gasteiger partial charge on any atom is 0.243 e. The van der Waals surface area contributed by atoms with E-state index in [1.54, 1.807) is 0 Å². The Kier molecular flexibility index (Phi) is 5.26. The van der Waals surface area contributed by atoms with Gasteiger partial charge in [-0.15, -0.1) is 0 Å². The number of nitrogens with zero attached hydrogens (tertiary/aromatic N) is 2. The Morgan fingerprint density at radius 2 is 1.86 bits per heavy atom. The molecule has 8 heteroatoms. The lowest BCUT2D eigenvalue weighted by molar-refractivity contribution is 0.202. The molecule has 1 aliphatic rings. The number of rotatable bonds is 4. The molecule has 2 rings (SSSR count). The Bertz CT molecular complexity index is 595. The van der Waals surface area contributed by atoms with Crippen LogP contribution in [-0.2, 0) is 10.0 Å².